The monoisotopic (exact) mass is 365 g/mol. The second-order valence-corrected chi connectivity index (χ2v) is 7.70. The Bertz CT molecular complexity index is 600. The van der Waals surface area contributed by atoms with Crippen molar-refractivity contribution in [3.63, 3.8) is 0 Å². The third-order valence-corrected chi connectivity index (χ3v) is 5.46. The van der Waals surface area contributed by atoms with E-state index >= 15 is 0 Å². The highest BCUT2D eigenvalue weighted by molar-refractivity contribution is 5.22. The van der Waals surface area contributed by atoms with Crippen molar-refractivity contribution in [3.8, 4) is 6.07 Å². The first-order valence-corrected chi connectivity index (χ1v) is 10.7. The maximum absolute atomic E-state index is 8.49. The molecule has 2 heteroatoms. The first-order chi connectivity index (χ1) is 13.3. The Morgan fingerprint density at radius 3 is 2.37 bits per heavy atom. The molecule has 2 rings (SSSR count). The molecule has 0 bridgehead atoms. The minimum atomic E-state index is 0.391. The fourth-order valence-electron chi connectivity index (χ4n) is 3.72. The molecule has 0 spiro atoms. The van der Waals surface area contributed by atoms with Gasteiger partial charge in [0.1, 0.15) is 0 Å². The average Bonchev–Trinajstić information content (AvgIpc) is 2.71. The fraction of sp³-hybridized carbons (Fsp3) is 0.560. The van der Waals surface area contributed by atoms with Gasteiger partial charge in [0.2, 0.25) is 0 Å². The van der Waals surface area contributed by atoms with Crippen molar-refractivity contribution in [1.82, 2.24) is 0 Å². The molecule has 1 aromatic carbocycles. The van der Waals surface area contributed by atoms with Crippen molar-refractivity contribution in [3.05, 3.63) is 59.7 Å². The van der Waals surface area contributed by atoms with E-state index in [-0.39, 0.29) is 0 Å². The lowest BCUT2D eigenvalue weighted by Crippen LogP contribution is -2.20. The zero-order valence-electron chi connectivity index (χ0n) is 16.9. The highest BCUT2D eigenvalue weighted by Gasteiger charge is 2.19. The molecule has 1 saturated carbocycles. The number of hydrogen-bond donors (Lipinski definition) is 0. The van der Waals surface area contributed by atoms with Crippen molar-refractivity contribution in [2.45, 2.75) is 83.8 Å². The van der Waals surface area contributed by atoms with Crippen LogP contribution >= 0.6 is 0 Å². The Hall–Kier alpha value is -1.85. The number of ether oxygens (including phenoxy) is 1. The van der Waals surface area contributed by atoms with E-state index in [9.17, 15) is 0 Å². The summed E-state index contributed by atoms with van der Waals surface area (Å²) in [6.07, 6.45) is 20.5. The minimum Gasteiger partial charge on any atom is -0.374 e. The number of benzene rings is 1. The van der Waals surface area contributed by atoms with E-state index in [1.54, 1.807) is 0 Å². The molecule has 0 amide bonds. The van der Waals surface area contributed by atoms with Crippen molar-refractivity contribution in [2.75, 3.05) is 0 Å². The van der Waals surface area contributed by atoms with Crippen LogP contribution in [0.1, 0.15) is 75.8 Å². The summed E-state index contributed by atoms with van der Waals surface area (Å²) in [5.74, 6) is 0.629. The molecule has 0 radical (unpaired) electrons. The van der Waals surface area contributed by atoms with Crippen molar-refractivity contribution in [1.29, 1.82) is 5.26 Å². The topological polar surface area (TPSA) is 33.0 Å². The number of hydrogen-bond acceptors (Lipinski definition) is 2. The molecule has 0 aromatic heterocycles. The van der Waals surface area contributed by atoms with Gasteiger partial charge >= 0.3 is 0 Å². The van der Waals surface area contributed by atoms with Gasteiger partial charge in [-0.25, -0.2) is 0 Å². The van der Waals surface area contributed by atoms with Crippen LogP contribution in [0.3, 0.4) is 0 Å². The number of unbranched alkanes of at least 4 members (excludes halogenated alkanes) is 4. The van der Waals surface area contributed by atoms with Gasteiger partial charge in [-0.15, -0.1) is 0 Å². The Kier molecular flexibility index (Phi) is 10.6. The molecule has 2 nitrogen and oxygen atoms in total. The predicted molar refractivity (Wildman–Crippen MR) is 113 cm³/mol. The molecule has 27 heavy (non-hydrogen) atoms. The van der Waals surface area contributed by atoms with E-state index < -0.39 is 0 Å². The quantitative estimate of drug-likeness (QED) is 0.242. The average molecular weight is 366 g/mol. The van der Waals surface area contributed by atoms with Gasteiger partial charge in [-0.1, -0.05) is 75.1 Å². The van der Waals surface area contributed by atoms with Crippen LogP contribution in [0.25, 0.3) is 0 Å². The SMILES string of the molecule is CCCCCCCc1ccc(COC2CCC(C=CC=CC#N)CC2)cc1. The minimum absolute atomic E-state index is 0.391. The molecular formula is C25H35NO. The Labute approximate surface area is 165 Å². The van der Waals surface area contributed by atoms with E-state index in [2.05, 4.69) is 37.3 Å². The Morgan fingerprint density at radius 1 is 0.963 bits per heavy atom. The molecule has 0 heterocycles. The third kappa shape index (κ3) is 9.07. The van der Waals surface area contributed by atoms with Crippen LogP contribution in [0.4, 0.5) is 0 Å². The highest BCUT2D eigenvalue weighted by atomic mass is 16.5. The summed E-state index contributed by atoms with van der Waals surface area (Å²) in [5.41, 5.74) is 2.74. The largest absolute Gasteiger partial charge is 0.374 e. The summed E-state index contributed by atoms with van der Waals surface area (Å²) in [7, 11) is 0. The molecular weight excluding hydrogens is 330 g/mol. The normalized spacial score (nSPS) is 20.3. The number of rotatable bonds is 11. The van der Waals surface area contributed by atoms with Gasteiger partial charge in [-0.05, 0) is 55.6 Å². The molecule has 0 saturated heterocycles. The summed E-state index contributed by atoms with van der Waals surface area (Å²) in [6.45, 7) is 2.99. The molecule has 0 unspecified atom stereocenters. The van der Waals surface area contributed by atoms with Crippen LogP contribution in [0.5, 0.6) is 0 Å². The summed E-state index contributed by atoms with van der Waals surface area (Å²) >= 11 is 0. The van der Waals surface area contributed by atoms with Gasteiger partial charge in [-0.3, -0.25) is 0 Å². The molecule has 0 atom stereocenters. The molecule has 1 fully saturated rings. The van der Waals surface area contributed by atoms with Crippen LogP contribution in [0.15, 0.2) is 48.6 Å². The second kappa shape index (κ2) is 13.3. The highest BCUT2D eigenvalue weighted by Crippen LogP contribution is 2.27. The van der Waals surface area contributed by atoms with E-state index in [0.29, 0.717) is 12.0 Å². The zero-order chi connectivity index (χ0) is 19.2. The molecule has 1 aliphatic carbocycles. The first kappa shape index (κ1) is 21.5. The maximum Gasteiger partial charge on any atom is 0.0912 e. The second-order valence-electron chi connectivity index (χ2n) is 7.70. The zero-order valence-corrected chi connectivity index (χ0v) is 16.9. The van der Waals surface area contributed by atoms with Crippen LogP contribution in [-0.2, 0) is 17.8 Å². The number of nitriles is 1. The van der Waals surface area contributed by atoms with E-state index in [1.807, 2.05) is 18.2 Å². The third-order valence-electron chi connectivity index (χ3n) is 5.46. The standard InChI is InChI=1S/C25H35NO/c1-2-3-4-5-7-10-22-12-14-24(15-13-22)21-27-25-18-16-23(17-19-25)11-8-6-9-20-26/h6,8-9,11-15,23,25H,2-5,7,10,16-19,21H2,1H3. The maximum atomic E-state index is 8.49. The molecule has 0 aliphatic heterocycles. The Balaban J connectivity index is 1.62. The number of allylic oxidation sites excluding steroid dienone is 4. The van der Waals surface area contributed by atoms with Crippen molar-refractivity contribution < 1.29 is 4.74 Å². The van der Waals surface area contributed by atoms with Crippen molar-refractivity contribution >= 4 is 0 Å². The molecule has 0 N–H and O–H groups in total. The lowest BCUT2D eigenvalue weighted by molar-refractivity contribution is 0.0110. The summed E-state index contributed by atoms with van der Waals surface area (Å²) in [5, 5.41) is 8.49. The van der Waals surface area contributed by atoms with Gasteiger partial charge in [-0.2, -0.15) is 5.26 Å². The molecule has 146 valence electrons. The summed E-state index contributed by atoms with van der Waals surface area (Å²) in [4.78, 5) is 0. The van der Waals surface area contributed by atoms with Crippen LogP contribution in [0, 0.1) is 17.2 Å². The van der Waals surface area contributed by atoms with Crippen LogP contribution in [-0.4, -0.2) is 6.10 Å². The van der Waals surface area contributed by atoms with Gasteiger partial charge < -0.3 is 4.74 Å². The lowest BCUT2D eigenvalue weighted by Gasteiger charge is -2.26. The van der Waals surface area contributed by atoms with Crippen LogP contribution < -0.4 is 0 Å². The first-order valence-electron chi connectivity index (χ1n) is 10.7. The van der Waals surface area contributed by atoms with Crippen molar-refractivity contribution in [2.24, 2.45) is 5.92 Å². The lowest BCUT2D eigenvalue weighted by atomic mass is 9.87. The number of aryl methyl sites for hydroxylation is 1. The Morgan fingerprint density at radius 2 is 1.67 bits per heavy atom. The van der Waals surface area contributed by atoms with E-state index in [0.717, 1.165) is 19.4 Å². The van der Waals surface area contributed by atoms with Gasteiger partial charge in [0.05, 0.1) is 18.8 Å². The molecule has 1 aromatic rings. The number of nitrogens with zero attached hydrogens (tertiary/aromatic N) is 1. The predicted octanol–water partition coefficient (Wildman–Crippen LogP) is 6.91. The molecule has 1 aliphatic rings. The smallest absolute Gasteiger partial charge is 0.0912 e. The van der Waals surface area contributed by atoms with Crippen LogP contribution in [0.2, 0.25) is 0 Å². The van der Waals surface area contributed by atoms with E-state index in [4.69, 9.17) is 10.00 Å². The van der Waals surface area contributed by atoms with Gasteiger partial charge in [0, 0.05) is 6.08 Å². The van der Waals surface area contributed by atoms with Gasteiger partial charge in [0.25, 0.3) is 0 Å². The summed E-state index contributed by atoms with van der Waals surface area (Å²) < 4.78 is 6.14. The van der Waals surface area contributed by atoms with Gasteiger partial charge in [0.15, 0.2) is 0 Å². The summed E-state index contributed by atoms with van der Waals surface area (Å²) in [6, 6.07) is 11.0. The fourth-order valence-corrected chi connectivity index (χ4v) is 3.72. The van der Waals surface area contributed by atoms with E-state index in [1.165, 1.54) is 68.6 Å².